The average Bonchev–Trinajstić information content (AvgIpc) is 2.63. The van der Waals surface area contributed by atoms with Gasteiger partial charge in [0.25, 0.3) is 0 Å². The molecule has 3 N–H and O–H groups in total. The fourth-order valence-electron chi connectivity index (χ4n) is 4.72. The minimum atomic E-state index is -4.92. The van der Waals surface area contributed by atoms with Crippen LogP contribution in [0.15, 0.2) is 40.1 Å². The molecule has 0 fully saturated rings. The van der Waals surface area contributed by atoms with Crippen molar-refractivity contribution in [3.63, 3.8) is 0 Å². The lowest BCUT2D eigenvalue weighted by Gasteiger charge is -2.42. The predicted molar refractivity (Wildman–Crippen MR) is 125 cm³/mol. The molecule has 0 saturated heterocycles. The van der Waals surface area contributed by atoms with Crippen molar-refractivity contribution in [1.82, 2.24) is 0 Å². The highest BCUT2D eigenvalue weighted by molar-refractivity contribution is 7.99. The summed E-state index contributed by atoms with van der Waals surface area (Å²) in [4.78, 5) is 6.44. The summed E-state index contributed by atoms with van der Waals surface area (Å²) < 4.78 is 32.8. The van der Waals surface area contributed by atoms with E-state index >= 15 is 0 Å². The van der Waals surface area contributed by atoms with Gasteiger partial charge in [-0.3, -0.25) is 9.45 Å². The van der Waals surface area contributed by atoms with Gasteiger partial charge in [-0.2, -0.15) is 0 Å². The number of hydrogen-bond acceptors (Lipinski definition) is 6. The third-order valence-corrected chi connectivity index (χ3v) is 7.08. The Morgan fingerprint density at radius 3 is 2.42 bits per heavy atom. The molecular weight excluding hydrogens is 434 g/mol. The molecular formula is C22H31N3O4S2. The second-order valence-corrected chi connectivity index (χ2v) is 10.9. The Balaban J connectivity index is 0.000000491. The van der Waals surface area contributed by atoms with Crippen molar-refractivity contribution >= 4 is 44.9 Å². The first-order valence-electron chi connectivity index (χ1n) is 10.3. The largest absolute Gasteiger partial charge is 0.726 e. The fraction of sp³-hybridized carbons (Fsp3) is 0.455. The number of hydrogen-bond donors (Lipinski definition) is 3. The summed E-state index contributed by atoms with van der Waals surface area (Å²) in [7, 11) is -0.724. The van der Waals surface area contributed by atoms with Gasteiger partial charge in [-0.1, -0.05) is 18.7 Å². The highest BCUT2D eigenvalue weighted by atomic mass is 32.3. The maximum atomic E-state index is 8.63. The zero-order valence-electron chi connectivity index (χ0n) is 18.8. The fourth-order valence-corrected chi connectivity index (χ4v) is 5.76. The summed E-state index contributed by atoms with van der Waals surface area (Å²) in [6, 6.07) is 11.5. The van der Waals surface area contributed by atoms with E-state index in [1.54, 1.807) is 4.90 Å². The first-order valence-corrected chi connectivity index (χ1v) is 12.5. The molecule has 2 aromatic carbocycles. The van der Waals surface area contributed by atoms with Crippen molar-refractivity contribution < 1.29 is 22.4 Å². The van der Waals surface area contributed by atoms with Gasteiger partial charge in [-0.15, -0.1) is 0 Å². The van der Waals surface area contributed by atoms with Crippen LogP contribution < -0.4 is 15.1 Å². The Kier molecular flexibility index (Phi) is 6.65. The van der Waals surface area contributed by atoms with Gasteiger partial charge < -0.3 is 14.8 Å². The maximum absolute atomic E-state index is 8.63. The number of anilines is 3. The molecule has 7 nitrogen and oxygen atoms in total. The van der Waals surface area contributed by atoms with Crippen molar-refractivity contribution in [3.8, 4) is 0 Å². The summed E-state index contributed by atoms with van der Waals surface area (Å²) >= 11 is 1.90. The molecule has 9 heteroatoms. The number of quaternary nitrogens is 1. The lowest BCUT2D eigenvalue weighted by Crippen LogP contribution is -3.15. The van der Waals surface area contributed by atoms with Gasteiger partial charge in [0.05, 0.1) is 23.5 Å². The van der Waals surface area contributed by atoms with E-state index in [1.807, 2.05) is 11.8 Å². The molecule has 0 saturated carbocycles. The molecule has 2 atom stereocenters. The highest BCUT2D eigenvalue weighted by Gasteiger charge is 2.41. The molecule has 2 unspecified atom stereocenters. The predicted octanol–water partition coefficient (Wildman–Crippen LogP) is 3.79. The third kappa shape index (κ3) is 5.35. The minimum Gasteiger partial charge on any atom is -0.726 e. The number of benzene rings is 2. The van der Waals surface area contributed by atoms with Crippen molar-refractivity contribution in [1.29, 1.82) is 0 Å². The van der Waals surface area contributed by atoms with Gasteiger partial charge in [0.15, 0.2) is 0 Å². The van der Waals surface area contributed by atoms with Crippen LogP contribution in [0.25, 0.3) is 0 Å². The van der Waals surface area contributed by atoms with Crippen LogP contribution in [-0.2, 0) is 10.4 Å². The SMILES string of the molecule is CC[NH+]1c2cc3c(cc2C(C)CC1(C)C)Nc1ccc(N(C)C)cc1S3.O=S(=O)([O-])O. The molecule has 0 aliphatic carbocycles. The molecule has 0 amide bonds. The van der Waals surface area contributed by atoms with Gasteiger partial charge in [0.1, 0.15) is 5.69 Å². The van der Waals surface area contributed by atoms with E-state index in [9.17, 15) is 0 Å². The Morgan fingerprint density at radius 2 is 1.84 bits per heavy atom. The van der Waals surface area contributed by atoms with Crippen LogP contribution in [0.4, 0.5) is 22.7 Å². The number of rotatable bonds is 2. The van der Waals surface area contributed by atoms with E-state index < -0.39 is 10.4 Å². The molecule has 0 radical (unpaired) electrons. The standard InChI is InChI=1S/C22H29N3S.H2O4S/c1-7-25-19-12-21-18(11-16(19)14(2)13-22(25,3)4)23-17-9-8-15(24(5)6)10-20(17)26-21;1-5(2,3)4/h8-12,14,23H,7,13H2,1-6H3;(H2,1,2,3,4). The zero-order valence-corrected chi connectivity index (χ0v) is 20.4. The van der Waals surface area contributed by atoms with Gasteiger partial charge in [-0.05, 0) is 51.0 Å². The smallest absolute Gasteiger partial charge is 0.215 e. The number of nitrogens with zero attached hydrogens (tertiary/aromatic N) is 1. The topological polar surface area (TPSA) is 97.1 Å². The maximum Gasteiger partial charge on any atom is 0.215 e. The van der Waals surface area contributed by atoms with E-state index in [0.29, 0.717) is 5.92 Å². The van der Waals surface area contributed by atoms with E-state index in [0.717, 1.165) is 6.54 Å². The van der Waals surface area contributed by atoms with Crippen LogP contribution in [0, 0.1) is 0 Å². The van der Waals surface area contributed by atoms with Crippen LogP contribution in [-0.4, -0.2) is 43.7 Å². The molecule has 31 heavy (non-hydrogen) atoms. The summed E-state index contributed by atoms with van der Waals surface area (Å²) in [6.45, 7) is 10.6. The molecule has 0 aromatic heterocycles. The van der Waals surface area contributed by atoms with E-state index in [-0.39, 0.29) is 5.54 Å². The van der Waals surface area contributed by atoms with Crippen molar-refractivity contribution in [2.45, 2.75) is 55.4 Å². The number of fused-ring (bicyclic) bond motifs is 3. The Labute approximate surface area is 189 Å². The quantitative estimate of drug-likeness (QED) is 0.391. The average molecular weight is 466 g/mol. The lowest BCUT2D eigenvalue weighted by atomic mass is 9.80. The van der Waals surface area contributed by atoms with Crippen molar-refractivity contribution in [2.24, 2.45) is 0 Å². The van der Waals surface area contributed by atoms with Crippen molar-refractivity contribution in [2.75, 3.05) is 30.9 Å². The first-order chi connectivity index (χ1) is 14.3. The molecule has 2 aromatic rings. The van der Waals surface area contributed by atoms with Crippen LogP contribution in [0.3, 0.4) is 0 Å². The van der Waals surface area contributed by atoms with Crippen LogP contribution in [0.1, 0.15) is 45.6 Å². The molecule has 2 aliphatic heterocycles. The van der Waals surface area contributed by atoms with E-state index in [4.69, 9.17) is 17.5 Å². The van der Waals surface area contributed by atoms with E-state index in [2.05, 4.69) is 82.3 Å². The molecule has 2 aliphatic rings. The summed E-state index contributed by atoms with van der Waals surface area (Å²) in [5.74, 6) is 0.602. The molecule has 0 spiro atoms. The van der Waals surface area contributed by atoms with E-state index in [1.165, 1.54) is 44.5 Å². The normalized spacial score (nSPS) is 20.9. The summed E-state index contributed by atoms with van der Waals surface area (Å²) in [5, 5.41) is 3.68. The summed E-state index contributed by atoms with van der Waals surface area (Å²) in [6.07, 6.45) is 1.23. The minimum absolute atomic E-state index is 0.290. The molecule has 2 heterocycles. The van der Waals surface area contributed by atoms with Crippen LogP contribution in [0.2, 0.25) is 0 Å². The van der Waals surface area contributed by atoms with Crippen molar-refractivity contribution in [3.05, 3.63) is 35.9 Å². The third-order valence-electron chi connectivity index (χ3n) is 5.97. The van der Waals surface area contributed by atoms with Crippen LogP contribution >= 0.6 is 11.8 Å². The van der Waals surface area contributed by atoms with Crippen LogP contribution in [0.5, 0.6) is 0 Å². The lowest BCUT2D eigenvalue weighted by molar-refractivity contribution is -0.888. The second-order valence-electron chi connectivity index (χ2n) is 8.99. The Hall–Kier alpha value is -1.78. The Morgan fingerprint density at radius 1 is 1.23 bits per heavy atom. The van der Waals surface area contributed by atoms with Gasteiger partial charge in [-0.25, -0.2) is 8.42 Å². The molecule has 170 valence electrons. The molecule has 4 rings (SSSR count). The van der Waals surface area contributed by atoms with Gasteiger partial charge in [0.2, 0.25) is 10.4 Å². The number of nitrogens with one attached hydrogen (secondary N) is 2. The first kappa shape index (κ1) is 23.9. The second kappa shape index (κ2) is 8.63. The van der Waals surface area contributed by atoms with Gasteiger partial charge in [0, 0.05) is 47.6 Å². The highest BCUT2D eigenvalue weighted by Crippen LogP contribution is 2.48. The van der Waals surface area contributed by atoms with Gasteiger partial charge >= 0.3 is 0 Å². The molecule has 0 bridgehead atoms. The monoisotopic (exact) mass is 465 g/mol. The Bertz CT molecular complexity index is 1080. The zero-order chi connectivity index (χ0) is 23.1. The summed E-state index contributed by atoms with van der Waals surface area (Å²) in [5.41, 5.74) is 7.03.